The Hall–Kier alpha value is -1.18. The van der Waals surface area contributed by atoms with Gasteiger partial charge in [0.15, 0.2) is 0 Å². The van der Waals surface area contributed by atoms with Crippen LogP contribution in [-0.2, 0) is 0 Å². The number of nitrogen functional groups attached to an aromatic ring is 1. The molecule has 11 atom stereocenters. The van der Waals surface area contributed by atoms with E-state index in [-0.39, 0.29) is 0 Å². The summed E-state index contributed by atoms with van der Waals surface area (Å²) in [6.45, 7) is 15.7. The second-order valence-electron chi connectivity index (χ2n) is 16.0. The standard InChI is InChI=1S/C36H58N2/c1-22(2)9-8-10-23(3)28-14-15-29-26-13-16-32-35(6)30(33(35)27-12-11-25(37)21-31(27)38-7)17-18-36(32,24(26)4)20-19-34(28,29)5/h11-12,21-24,26,28-30,32-33,38H,8-10,13-20,37H2,1-7H3. The third-order valence-corrected chi connectivity index (χ3v) is 14.4. The Kier molecular flexibility index (Phi) is 6.71. The fraction of sp³-hybridized carbons (Fsp3) is 0.833. The van der Waals surface area contributed by atoms with Gasteiger partial charge in [0.2, 0.25) is 0 Å². The van der Waals surface area contributed by atoms with Crippen molar-refractivity contribution in [2.45, 2.75) is 118 Å². The molecule has 11 unspecified atom stereocenters. The zero-order valence-electron chi connectivity index (χ0n) is 25.8. The van der Waals surface area contributed by atoms with Gasteiger partial charge in [-0.15, -0.1) is 0 Å². The lowest BCUT2D eigenvalue weighted by Gasteiger charge is -2.57. The molecule has 5 aliphatic carbocycles. The molecule has 1 aromatic rings. The van der Waals surface area contributed by atoms with Gasteiger partial charge in [-0.1, -0.05) is 66.9 Å². The summed E-state index contributed by atoms with van der Waals surface area (Å²) < 4.78 is 0. The van der Waals surface area contributed by atoms with Crippen molar-refractivity contribution in [2.24, 2.45) is 63.6 Å². The number of hydrogen-bond acceptors (Lipinski definition) is 2. The Morgan fingerprint density at radius 2 is 1.74 bits per heavy atom. The van der Waals surface area contributed by atoms with Gasteiger partial charge in [-0.25, -0.2) is 0 Å². The SMILES string of the molecule is CNc1cc(N)ccc1C1C2CCC34CCC5(C)C(C(C)CCCC(C)C)CCC5C(CCC3C21C)C4C. The Bertz CT molecular complexity index is 1030. The molecule has 5 saturated carbocycles. The smallest absolute Gasteiger partial charge is 0.0393 e. The van der Waals surface area contributed by atoms with Crippen LogP contribution in [-0.4, -0.2) is 7.05 Å². The monoisotopic (exact) mass is 518 g/mol. The Morgan fingerprint density at radius 3 is 2.47 bits per heavy atom. The van der Waals surface area contributed by atoms with Crippen molar-refractivity contribution in [2.75, 3.05) is 18.1 Å². The molecule has 3 N–H and O–H groups in total. The quantitative estimate of drug-likeness (QED) is 0.352. The lowest BCUT2D eigenvalue weighted by molar-refractivity contribution is -0.0826. The highest BCUT2D eigenvalue weighted by Gasteiger charge is 2.74. The van der Waals surface area contributed by atoms with E-state index in [0.717, 1.165) is 53.0 Å². The maximum Gasteiger partial charge on any atom is 0.0393 e. The summed E-state index contributed by atoms with van der Waals surface area (Å²) in [5, 5.41) is 3.50. The second kappa shape index (κ2) is 9.44. The van der Waals surface area contributed by atoms with Crippen molar-refractivity contribution in [3.05, 3.63) is 23.8 Å². The molecule has 1 aromatic carbocycles. The molecule has 38 heavy (non-hydrogen) atoms. The van der Waals surface area contributed by atoms with Crippen molar-refractivity contribution in [3.63, 3.8) is 0 Å². The van der Waals surface area contributed by atoms with Gasteiger partial charge in [0.1, 0.15) is 0 Å². The van der Waals surface area contributed by atoms with Crippen LogP contribution < -0.4 is 11.1 Å². The Morgan fingerprint density at radius 1 is 0.947 bits per heavy atom. The van der Waals surface area contributed by atoms with Crippen LogP contribution in [0.2, 0.25) is 0 Å². The molecule has 5 fully saturated rings. The van der Waals surface area contributed by atoms with Crippen LogP contribution in [0.3, 0.4) is 0 Å². The average Bonchev–Trinajstić information content (AvgIpc) is 3.36. The maximum atomic E-state index is 6.20. The minimum absolute atomic E-state index is 0.475. The van der Waals surface area contributed by atoms with Crippen LogP contribution >= 0.6 is 0 Å². The molecule has 2 heteroatoms. The summed E-state index contributed by atoms with van der Waals surface area (Å²) in [6.07, 6.45) is 16.3. The highest BCUT2D eigenvalue weighted by atomic mass is 14.9. The number of hydrogen-bond donors (Lipinski definition) is 2. The second-order valence-corrected chi connectivity index (χ2v) is 16.0. The predicted octanol–water partition coefficient (Wildman–Crippen LogP) is 9.76. The van der Waals surface area contributed by atoms with Crippen LogP contribution in [0.25, 0.3) is 0 Å². The summed E-state index contributed by atoms with van der Waals surface area (Å²) in [5.41, 5.74) is 11.5. The molecule has 2 bridgehead atoms. The summed E-state index contributed by atoms with van der Waals surface area (Å²) in [4.78, 5) is 0. The number of nitrogens with one attached hydrogen (secondary N) is 1. The molecular weight excluding hydrogens is 460 g/mol. The molecule has 1 spiro atoms. The van der Waals surface area contributed by atoms with E-state index in [2.05, 4.69) is 72.1 Å². The summed E-state index contributed by atoms with van der Waals surface area (Å²) in [7, 11) is 2.08. The molecule has 0 aliphatic heterocycles. The van der Waals surface area contributed by atoms with Crippen LogP contribution in [0.15, 0.2) is 18.2 Å². The van der Waals surface area contributed by atoms with Gasteiger partial charge in [0.05, 0.1) is 0 Å². The predicted molar refractivity (Wildman–Crippen MR) is 163 cm³/mol. The van der Waals surface area contributed by atoms with Gasteiger partial charge < -0.3 is 11.1 Å². The summed E-state index contributed by atoms with van der Waals surface area (Å²) in [5.74, 6) is 8.02. The van der Waals surface area contributed by atoms with E-state index in [4.69, 9.17) is 5.73 Å². The van der Waals surface area contributed by atoms with Crippen LogP contribution in [0.4, 0.5) is 11.4 Å². The van der Waals surface area contributed by atoms with Crippen molar-refractivity contribution in [1.29, 1.82) is 0 Å². The molecular formula is C36H58N2. The molecule has 5 aliphatic rings. The van der Waals surface area contributed by atoms with Gasteiger partial charge in [-0.05, 0) is 139 Å². The first-order valence-corrected chi connectivity index (χ1v) is 16.6. The zero-order valence-corrected chi connectivity index (χ0v) is 25.8. The van der Waals surface area contributed by atoms with E-state index in [1.54, 1.807) is 5.56 Å². The Balaban J connectivity index is 1.27. The minimum Gasteiger partial charge on any atom is -0.399 e. The number of rotatable bonds is 7. The average molecular weight is 519 g/mol. The number of anilines is 2. The summed E-state index contributed by atoms with van der Waals surface area (Å²) >= 11 is 0. The fourth-order valence-corrected chi connectivity index (χ4v) is 12.5. The molecule has 0 radical (unpaired) electrons. The van der Waals surface area contributed by atoms with Gasteiger partial charge in [0.25, 0.3) is 0 Å². The molecule has 0 saturated heterocycles. The topological polar surface area (TPSA) is 38.0 Å². The highest BCUT2D eigenvalue weighted by molar-refractivity contribution is 5.62. The first-order valence-electron chi connectivity index (χ1n) is 16.6. The van der Waals surface area contributed by atoms with E-state index in [1.807, 2.05) is 0 Å². The first-order chi connectivity index (χ1) is 18.1. The van der Waals surface area contributed by atoms with Crippen LogP contribution in [0.1, 0.15) is 124 Å². The van der Waals surface area contributed by atoms with E-state index in [1.165, 1.54) is 76.3 Å². The van der Waals surface area contributed by atoms with Crippen molar-refractivity contribution in [3.8, 4) is 0 Å². The molecule has 2 nitrogen and oxygen atoms in total. The lowest BCUT2D eigenvalue weighted by atomic mass is 9.48. The largest absolute Gasteiger partial charge is 0.399 e. The van der Waals surface area contributed by atoms with E-state index >= 15 is 0 Å². The summed E-state index contributed by atoms with van der Waals surface area (Å²) in [6, 6.07) is 6.69. The lowest BCUT2D eigenvalue weighted by Crippen LogP contribution is -2.50. The van der Waals surface area contributed by atoms with Crippen LogP contribution in [0, 0.1) is 63.6 Å². The molecule has 212 valence electrons. The van der Waals surface area contributed by atoms with Crippen LogP contribution in [0.5, 0.6) is 0 Å². The third-order valence-electron chi connectivity index (χ3n) is 14.4. The number of fused-ring (bicyclic) bond motifs is 5. The van der Waals surface area contributed by atoms with Crippen molar-refractivity contribution in [1.82, 2.24) is 0 Å². The number of benzene rings is 1. The zero-order chi connectivity index (χ0) is 27.0. The third kappa shape index (κ3) is 3.77. The normalized spacial score (nSPS) is 46.1. The van der Waals surface area contributed by atoms with Crippen molar-refractivity contribution >= 4 is 11.4 Å². The Labute approximate surface area is 234 Å². The minimum atomic E-state index is 0.475. The van der Waals surface area contributed by atoms with Gasteiger partial charge in [-0.2, -0.15) is 0 Å². The van der Waals surface area contributed by atoms with Gasteiger partial charge in [0, 0.05) is 18.4 Å². The highest BCUT2D eigenvalue weighted by Crippen LogP contribution is 2.82. The van der Waals surface area contributed by atoms with E-state index in [9.17, 15) is 0 Å². The van der Waals surface area contributed by atoms with Crippen molar-refractivity contribution < 1.29 is 0 Å². The van der Waals surface area contributed by atoms with Gasteiger partial charge >= 0.3 is 0 Å². The first kappa shape index (κ1) is 27.0. The number of nitrogens with two attached hydrogens (primary N) is 1. The maximum absolute atomic E-state index is 6.20. The molecule has 0 aromatic heterocycles. The molecule has 0 heterocycles. The molecule has 6 rings (SSSR count). The molecule has 0 amide bonds. The van der Waals surface area contributed by atoms with E-state index in [0.29, 0.717) is 22.2 Å². The van der Waals surface area contributed by atoms with Gasteiger partial charge in [-0.3, -0.25) is 0 Å². The van der Waals surface area contributed by atoms with E-state index < -0.39 is 0 Å². The fourth-order valence-electron chi connectivity index (χ4n) is 12.5.